The maximum Gasteiger partial charge on any atom is 0.0715 e. The van der Waals surface area contributed by atoms with Gasteiger partial charge in [0.15, 0.2) is 0 Å². The van der Waals surface area contributed by atoms with Gasteiger partial charge in [0.25, 0.3) is 0 Å². The highest BCUT2D eigenvalue weighted by Crippen LogP contribution is 2.53. The summed E-state index contributed by atoms with van der Waals surface area (Å²) >= 11 is 2.22. The van der Waals surface area contributed by atoms with Crippen LogP contribution in [0, 0.1) is 11.8 Å². The molecule has 2 saturated carbocycles. The van der Waals surface area contributed by atoms with Gasteiger partial charge in [-0.2, -0.15) is 0 Å². The predicted molar refractivity (Wildman–Crippen MR) is 62.8 cm³/mol. The summed E-state index contributed by atoms with van der Waals surface area (Å²) in [6, 6.07) is 0. The van der Waals surface area contributed by atoms with Crippen molar-refractivity contribution >= 4 is 22.6 Å². The molecule has 13 heavy (non-hydrogen) atoms. The highest BCUT2D eigenvalue weighted by Gasteiger charge is 2.51. The second-order valence-corrected chi connectivity index (χ2v) is 5.24. The molecule has 0 radical (unpaired) electrons. The summed E-state index contributed by atoms with van der Waals surface area (Å²) in [6.07, 6.45) is 9.37. The number of hydrogen-bond donors (Lipinski definition) is 1. The van der Waals surface area contributed by atoms with Crippen molar-refractivity contribution in [3.63, 3.8) is 0 Å². The first kappa shape index (κ1) is 9.97. The molecule has 0 aromatic rings. The van der Waals surface area contributed by atoms with Crippen LogP contribution in [0.3, 0.4) is 0 Å². The summed E-state index contributed by atoms with van der Waals surface area (Å²) in [5.74, 6) is 1.47. The van der Waals surface area contributed by atoms with Gasteiger partial charge in [-0.1, -0.05) is 41.5 Å². The average Bonchev–Trinajstić information content (AvgIpc) is 2.13. The highest BCUT2D eigenvalue weighted by atomic mass is 127. The number of rotatable bonds is 2. The van der Waals surface area contributed by atoms with Gasteiger partial charge < -0.3 is 5.11 Å². The fraction of sp³-hybridized carbons (Fsp3) is 0.818. The molecule has 0 bridgehead atoms. The number of hydrogen-bond acceptors (Lipinski definition) is 1. The molecule has 3 atom stereocenters. The van der Waals surface area contributed by atoms with E-state index in [1.54, 1.807) is 0 Å². The standard InChI is InChI=1S/C11H17IO/c12-7-3-6-11(13)8-9-4-1-2-5-10(9)11/h3,7,9-10,13H,1-2,4-6,8H2. The number of aliphatic hydroxyl groups is 1. The zero-order valence-electron chi connectivity index (χ0n) is 7.88. The van der Waals surface area contributed by atoms with E-state index in [1.807, 2.05) is 4.08 Å². The lowest BCUT2D eigenvalue weighted by Crippen LogP contribution is -2.54. The summed E-state index contributed by atoms with van der Waals surface area (Å²) in [6.45, 7) is 0. The van der Waals surface area contributed by atoms with Crippen molar-refractivity contribution in [3.8, 4) is 0 Å². The molecule has 0 aromatic carbocycles. The molecule has 3 unspecified atom stereocenters. The molecule has 2 fully saturated rings. The summed E-state index contributed by atoms with van der Waals surface area (Å²) in [5.41, 5.74) is -0.327. The lowest BCUT2D eigenvalue weighted by Gasteiger charge is -2.54. The van der Waals surface area contributed by atoms with Gasteiger partial charge in [0.05, 0.1) is 5.60 Å². The first-order chi connectivity index (χ1) is 6.26. The van der Waals surface area contributed by atoms with Gasteiger partial charge in [0.1, 0.15) is 0 Å². The maximum atomic E-state index is 10.3. The van der Waals surface area contributed by atoms with E-state index in [9.17, 15) is 5.11 Å². The molecular formula is C11H17IO. The third-order valence-electron chi connectivity index (χ3n) is 3.78. The van der Waals surface area contributed by atoms with Crippen LogP contribution in [0.1, 0.15) is 38.5 Å². The SMILES string of the molecule is OC1(CC=CI)CC2CCCCC21. The monoisotopic (exact) mass is 292 g/mol. The highest BCUT2D eigenvalue weighted by molar-refractivity contribution is 14.1. The van der Waals surface area contributed by atoms with Gasteiger partial charge in [0.2, 0.25) is 0 Å². The molecule has 2 aliphatic rings. The molecule has 2 aliphatic carbocycles. The van der Waals surface area contributed by atoms with Crippen LogP contribution in [-0.4, -0.2) is 10.7 Å². The molecule has 0 aliphatic heterocycles. The van der Waals surface area contributed by atoms with Crippen LogP contribution >= 0.6 is 22.6 Å². The Balaban J connectivity index is 1.94. The summed E-state index contributed by atoms with van der Waals surface area (Å²) in [7, 11) is 0. The minimum atomic E-state index is -0.327. The predicted octanol–water partition coefficient (Wildman–Crippen LogP) is 3.27. The van der Waals surface area contributed by atoms with Crippen LogP contribution in [0.25, 0.3) is 0 Å². The van der Waals surface area contributed by atoms with Gasteiger partial charge in [-0.25, -0.2) is 0 Å². The molecule has 1 N–H and O–H groups in total. The number of halogens is 1. The second-order valence-electron chi connectivity index (χ2n) is 4.52. The molecule has 0 saturated heterocycles. The van der Waals surface area contributed by atoms with Crippen molar-refractivity contribution in [3.05, 3.63) is 10.2 Å². The van der Waals surface area contributed by atoms with Crippen LogP contribution in [0.5, 0.6) is 0 Å². The molecule has 0 amide bonds. The Morgan fingerprint density at radius 3 is 2.85 bits per heavy atom. The van der Waals surface area contributed by atoms with Crippen molar-refractivity contribution in [1.29, 1.82) is 0 Å². The average molecular weight is 292 g/mol. The third-order valence-corrected chi connectivity index (χ3v) is 4.28. The maximum absolute atomic E-state index is 10.3. The quantitative estimate of drug-likeness (QED) is 0.774. The normalized spacial score (nSPS) is 44.5. The van der Waals surface area contributed by atoms with E-state index in [2.05, 4.69) is 28.7 Å². The van der Waals surface area contributed by atoms with Gasteiger partial charge in [-0.3, -0.25) is 0 Å². The van der Waals surface area contributed by atoms with Gasteiger partial charge in [0, 0.05) is 0 Å². The van der Waals surface area contributed by atoms with E-state index in [0.717, 1.165) is 18.8 Å². The van der Waals surface area contributed by atoms with E-state index in [-0.39, 0.29) is 5.60 Å². The zero-order chi connectivity index (χ0) is 9.31. The molecular weight excluding hydrogens is 275 g/mol. The van der Waals surface area contributed by atoms with Crippen LogP contribution in [0.15, 0.2) is 10.2 Å². The van der Waals surface area contributed by atoms with Crippen LogP contribution in [-0.2, 0) is 0 Å². The summed E-state index contributed by atoms with van der Waals surface area (Å²) in [5, 5.41) is 10.3. The van der Waals surface area contributed by atoms with Gasteiger partial charge >= 0.3 is 0 Å². The van der Waals surface area contributed by atoms with Crippen molar-refractivity contribution in [2.24, 2.45) is 11.8 Å². The molecule has 0 aromatic heterocycles. The van der Waals surface area contributed by atoms with Crippen molar-refractivity contribution in [2.75, 3.05) is 0 Å². The van der Waals surface area contributed by atoms with Crippen LogP contribution in [0.2, 0.25) is 0 Å². The molecule has 74 valence electrons. The second kappa shape index (κ2) is 3.89. The van der Waals surface area contributed by atoms with Crippen molar-refractivity contribution < 1.29 is 5.11 Å². The lowest BCUT2D eigenvalue weighted by molar-refractivity contribution is -0.151. The van der Waals surface area contributed by atoms with Crippen LogP contribution < -0.4 is 0 Å². The van der Waals surface area contributed by atoms with Crippen molar-refractivity contribution in [1.82, 2.24) is 0 Å². The summed E-state index contributed by atoms with van der Waals surface area (Å²) in [4.78, 5) is 0. The fourth-order valence-electron chi connectivity index (χ4n) is 3.09. The third kappa shape index (κ3) is 1.80. The Labute approximate surface area is 93.7 Å². The smallest absolute Gasteiger partial charge is 0.0715 e. The van der Waals surface area contributed by atoms with Gasteiger partial charge in [-0.05, 0) is 41.6 Å². The Kier molecular flexibility index (Phi) is 2.98. The molecule has 2 heteroatoms. The van der Waals surface area contributed by atoms with E-state index in [4.69, 9.17) is 0 Å². The van der Waals surface area contributed by atoms with E-state index in [0.29, 0.717) is 5.92 Å². The number of fused-ring (bicyclic) bond motifs is 1. The first-order valence-electron chi connectivity index (χ1n) is 5.24. The molecule has 1 nitrogen and oxygen atoms in total. The minimum absolute atomic E-state index is 0.327. The summed E-state index contributed by atoms with van der Waals surface area (Å²) < 4.78 is 2.02. The Morgan fingerprint density at radius 2 is 2.15 bits per heavy atom. The lowest BCUT2D eigenvalue weighted by atomic mass is 9.55. The zero-order valence-corrected chi connectivity index (χ0v) is 10.0. The van der Waals surface area contributed by atoms with Gasteiger partial charge in [-0.15, -0.1) is 0 Å². The topological polar surface area (TPSA) is 20.2 Å². The first-order valence-corrected chi connectivity index (χ1v) is 6.48. The Hall–Kier alpha value is 0.430. The largest absolute Gasteiger partial charge is 0.389 e. The van der Waals surface area contributed by atoms with E-state index >= 15 is 0 Å². The van der Waals surface area contributed by atoms with E-state index in [1.165, 1.54) is 25.7 Å². The van der Waals surface area contributed by atoms with E-state index < -0.39 is 0 Å². The Bertz CT molecular complexity index is 214. The van der Waals surface area contributed by atoms with Crippen LogP contribution in [0.4, 0.5) is 0 Å². The Morgan fingerprint density at radius 1 is 1.38 bits per heavy atom. The minimum Gasteiger partial charge on any atom is -0.389 e. The molecule has 2 rings (SSSR count). The fourth-order valence-corrected chi connectivity index (χ4v) is 3.34. The molecule has 0 spiro atoms. The van der Waals surface area contributed by atoms with Crippen molar-refractivity contribution in [2.45, 2.75) is 44.1 Å². The molecule has 0 heterocycles.